The SMILES string of the molecule is CCCCCCCCSc1sc(C#N)c(N)c1C#N. The van der Waals surface area contributed by atoms with E-state index >= 15 is 0 Å². The van der Waals surface area contributed by atoms with Gasteiger partial charge in [-0.3, -0.25) is 0 Å². The topological polar surface area (TPSA) is 73.6 Å². The zero-order valence-electron chi connectivity index (χ0n) is 11.2. The summed E-state index contributed by atoms with van der Waals surface area (Å²) in [4.78, 5) is 0.460. The summed E-state index contributed by atoms with van der Waals surface area (Å²) in [6.07, 6.45) is 7.58. The predicted molar refractivity (Wildman–Crippen MR) is 82.3 cm³/mol. The van der Waals surface area contributed by atoms with Gasteiger partial charge < -0.3 is 5.73 Å². The molecule has 0 aliphatic heterocycles. The number of thioether (sulfide) groups is 1. The Bertz CT molecular complexity index is 480. The van der Waals surface area contributed by atoms with Crippen molar-refractivity contribution >= 4 is 28.8 Å². The van der Waals surface area contributed by atoms with E-state index in [0.29, 0.717) is 16.1 Å². The molecule has 0 radical (unpaired) electrons. The number of anilines is 1. The van der Waals surface area contributed by atoms with Gasteiger partial charge in [-0.2, -0.15) is 10.5 Å². The Hall–Kier alpha value is -1.17. The van der Waals surface area contributed by atoms with Crippen LogP contribution in [-0.4, -0.2) is 5.75 Å². The second-order valence-corrected chi connectivity index (χ2v) is 6.73. The zero-order valence-corrected chi connectivity index (χ0v) is 12.9. The molecule has 19 heavy (non-hydrogen) atoms. The highest BCUT2D eigenvalue weighted by molar-refractivity contribution is 8.01. The van der Waals surface area contributed by atoms with Crippen LogP contribution in [0.3, 0.4) is 0 Å². The number of nitrogen functional groups attached to an aromatic ring is 1. The van der Waals surface area contributed by atoms with Crippen LogP contribution in [0.2, 0.25) is 0 Å². The molecule has 3 nitrogen and oxygen atoms in total. The highest BCUT2D eigenvalue weighted by Gasteiger charge is 2.15. The van der Waals surface area contributed by atoms with E-state index < -0.39 is 0 Å². The average molecular weight is 293 g/mol. The van der Waals surface area contributed by atoms with E-state index in [4.69, 9.17) is 16.3 Å². The smallest absolute Gasteiger partial charge is 0.130 e. The molecular weight excluding hydrogens is 274 g/mol. The molecule has 2 N–H and O–H groups in total. The first-order valence-corrected chi connectivity index (χ1v) is 8.40. The molecule has 0 unspecified atom stereocenters. The van der Waals surface area contributed by atoms with Gasteiger partial charge in [0.05, 0.1) is 9.90 Å². The van der Waals surface area contributed by atoms with Crippen LogP contribution >= 0.6 is 23.1 Å². The Morgan fingerprint density at radius 1 is 1.11 bits per heavy atom. The first-order chi connectivity index (χ1) is 9.24. The molecule has 1 aromatic rings. The molecular formula is C14H19N3S2. The van der Waals surface area contributed by atoms with Crippen LogP contribution in [0, 0.1) is 22.7 Å². The Morgan fingerprint density at radius 3 is 2.42 bits per heavy atom. The lowest BCUT2D eigenvalue weighted by molar-refractivity contribution is 0.627. The Labute approximate surface area is 123 Å². The predicted octanol–water partition coefficient (Wildman–Crippen LogP) is 4.53. The Balaban J connectivity index is 2.38. The number of hydrogen-bond acceptors (Lipinski definition) is 5. The van der Waals surface area contributed by atoms with Crippen molar-refractivity contribution in [2.75, 3.05) is 11.5 Å². The number of nitrogens with zero attached hydrogens (tertiary/aromatic N) is 2. The summed E-state index contributed by atoms with van der Waals surface area (Å²) in [6, 6.07) is 4.15. The van der Waals surface area contributed by atoms with E-state index in [-0.39, 0.29) is 0 Å². The van der Waals surface area contributed by atoms with Gasteiger partial charge in [-0.15, -0.1) is 23.1 Å². The summed E-state index contributed by atoms with van der Waals surface area (Å²) in [6.45, 7) is 2.22. The second-order valence-electron chi connectivity index (χ2n) is 4.35. The molecule has 0 saturated carbocycles. The lowest BCUT2D eigenvalue weighted by atomic mass is 10.1. The van der Waals surface area contributed by atoms with Gasteiger partial charge in [0.1, 0.15) is 22.6 Å². The van der Waals surface area contributed by atoms with E-state index in [9.17, 15) is 0 Å². The largest absolute Gasteiger partial charge is 0.396 e. The van der Waals surface area contributed by atoms with Gasteiger partial charge in [-0.1, -0.05) is 39.0 Å². The molecule has 1 aromatic heterocycles. The Kier molecular flexibility index (Phi) is 7.40. The fourth-order valence-electron chi connectivity index (χ4n) is 1.76. The molecule has 1 rings (SSSR count). The summed E-state index contributed by atoms with van der Waals surface area (Å²) in [5.41, 5.74) is 6.59. The van der Waals surface area contributed by atoms with Gasteiger partial charge in [-0.25, -0.2) is 0 Å². The molecule has 0 atom stereocenters. The number of thiophene rings is 1. The van der Waals surface area contributed by atoms with Gasteiger partial charge in [-0.05, 0) is 12.2 Å². The molecule has 0 aliphatic rings. The van der Waals surface area contributed by atoms with Gasteiger partial charge >= 0.3 is 0 Å². The van der Waals surface area contributed by atoms with Crippen LogP contribution in [0.5, 0.6) is 0 Å². The standard InChI is InChI=1S/C14H19N3S2/c1-2-3-4-5-6-7-8-18-14-11(9-15)13(17)12(10-16)19-14/h2-8,17H2,1H3. The van der Waals surface area contributed by atoms with Crippen molar-refractivity contribution in [1.29, 1.82) is 10.5 Å². The lowest BCUT2D eigenvalue weighted by Crippen LogP contribution is -1.88. The first-order valence-electron chi connectivity index (χ1n) is 6.59. The number of hydrogen-bond donors (Lipinski definition) is 1. The van der Waals surface area contributed by atoms with Crippen molar-refractivity contribution in [3.05, 3.63) is 10.4 Å². The molecule has 0 spiro atoms. The molecule has 0 bridgehead atoms. The van der Waals surface area contributed by atoms with E-state index in [2.05, 4.69) is 13.0 Å². The zero-order chi connectivity index (χ0) is 14.1. The first kappa shape index (κ1) is 15.9. The third kappa shape index (κ3) is 4.78. The van der Waals surface area contributed by atoms with E-state index in [0.717, 1.165) is 16.4 Å². The molecule has 0 aliphatic carbocycles. The minimum atomic E-state index is 0.348. The summed E-state index contributed by atoms with van der Waals surface area (Å²) in [5, 5.41) is 18.0. The van der Waals surface area contributed by atoms with E-state index in [1.807, 2.05) is 6.07 Å². The normalized spacial score (nSPS) is 10.1. The highest BCUT2D eigenvalue weighted by Crippen LogP contribution is 2.37. The third-order valence-electron chi connectivity index (χ3n) is 2.86. The van der Waals surface area contributed by atoms with Gasteiger partial charge in [0.2, 0.25) is 0 Å². The van der Waals surface area contributed by atoms with E-state index in [1.54, 1.807) is 11.8 Å². The maximum absolute atomic E-state index is 9.06. The number of nitriles is 2. The molecule has 0 amide bonds. The van der Waals surface area contributed by atoms with Gasteiger partial charge in [0, 0.05) is 0 Å². The number of unbranched alkanes of at least 4 members (excludes halogenated alkanes) is 5. The van der Waals surface area contributed by atoms with Gasteiger partial charge in [0.25, 0.3) is 0 Å². The Morgan fingerprint density at radius 2 is 1.79 bits per heavy atom. The molecule has 0 aromatic carbocycles. The van der Waals surface area contributed by atoms with Crippen LogP contribution < -0.4 is 5.73 Å². The average Bonchev–Trinajstić information content (AvgIpc) is 2.73. The fraction of sp³-hybridized carbons (Fsp3) is 0.571. The molecule has 1 heterocycles. The molecule has 0 fully saturated rings. The second kappa shape index (κ2) is 8.85. The van der Waals surface area contributed by atoms with Crippen LogP contribution in [0.25, 0.3) is 0 Å². The molecule has 5 heteroatoms. The molecule has 102 valence electrons. The number of nitrogens with two attached hydrogens (primary N) is 1. The van der Waals surface area contributed by atoms with Crippen molar-refractivity contribution < 1.29 is 0 Å². The summed E-state index contributed by atoms with van der Waals surface area (Å²) in [5.74, 6) is 0.992. The van der Waals surface area contributed by atoms with Crippen LogP contribution in [0.4, 0.5) is 5.69 Å². The van der Waals surface area contributed by atoms with E-state index in [1.165, 1.54) is 43.4 Å². The lowest BCUT2D eigenvalue weighted by Gasteiger charge is -2.00. The minimum absolute atomic E-state index is 0.348. The fourth-order valence-corrected chi connectivity index (χ4v) is 4.03. The van der Waals surface area contributed by atoms with Gasteiger partial charge in [0.15, 0.2) is 0 Å². The number of rotatable bonds is 8. The van der Waals surface area contributed by atoms with Crippen LogP contribution in [-0.2, 0) is 0 Å². The van der Waals surface area contributed by atoms with Crippen LogP contribution in [0.1, 0.15) is 55.9 Å². The maximum atomic E-state index is 9.06. The van der Waals surface area contributed by atoms with Crippen molar-refractivity contribution in [2.45, 2.75) is 49.7 Å². The highest BCUT2D eigenvalue weighted by atomic mass is 32.2. The monoisotopic (exact) mass is 293 g/mol. The minimum Gasteiger partial charge on any atom is -0.396 e. The van der Waals surface area contributed by atoms with Crippen molar-refractivity contribution in [1.82, 2.24) is 0 Å². The van der Waals surface area contributed by atoms with Crippen LogP contribution in [0.15, 0.2) is 4.21 Å². The van der Waals surface area contributed by atoms with Crippen molar-refractivity contribution in [2.24, 2.45) is 0 Å². The molecule has 0 saturated heterocycles. The van der Waals surface area contributed by atoms with Crippen molar-refractivity contribution in [3.63, 3.8) is 0 Å². The maximum Gasteiger partial charge on any atom is 0.130 e. The summed E-state index contributed by atoms with van der Waals surface area (Å²) < 4.78 is 0.894. The summed E-state index contributed by atoms with van der Waals surface area (Å²) in [7, 11) is 0. The third-order valence-corrected chi connectivity index (χ3v) is 5.32. The van der Waals surface area contributed by atoms with Crippen molar-refractivity contribution in [3.8, 4) is 12.1 Å². The summed E-state index contributed by atoms with van der Waals surface area (Å²) >= 11 is 2.99. The quantitative estimate of drug-likeness (QED) is 0.564.